The lowest BCUT2D eigenvalue weighted by Gasteiger charge is -2.35. The first kappa shape index (κ1) is 21.1. The monoisotopic (exact) mass is 404 g/mol. The van der Waals surface area contributed by atoms with Gasteiger partial charge in [-0.3, -0.25) is 0 Å². The van der Waals surface area contributed by atoms with E-state index in [9.17, 15) is 0 Å². The Labute approximate surface area is 175 Å². The summed E-state index contributed by atoms with van der Waals surface area (Å²) in [4.78, 5) is 14.5. The van der Waals surface area contributed by atoms with Gasteiger partial charge in [-0.05, 0) is 55.7 Å². The molecule has 0 spiro atoms. The van der Waals surface area contributed by atoms with Crippen LogP contribution in [-0.4, -0.2) is 47.8 Å². The highest BCUT2D eigenvalue weighted by Crippen LogP contribution is 2.28. The van der Waals surface area contributed by atoms with Gasteiger partial charge in [-0.15, -0.1) is 0 Å². The van der Waals surface area contributed by atoms with Gasteiger partial charge in [0, 0.05) is 38.8 Å². The van der Waals surface area contributed by atoms with Crippen LogP contribution in [0.25, 0.3) is 0 Å². The Morgan fingerprint density at radius 1 is 1.07 bits per heavy atom. The zero-order valence-electron chi connectivity index (χ0n) is 17.9. The molecule has 156 valence electrons. The Hall–Kier alpha value is -1.63. The van der Waals surface area contributed by atoms with E-state index in [0.29, 0.717) is 28.8 Å². The third-order valence-corrected chi connectivity index (χ3v) is 5.80. The van der Waals surface area contributed by atoms with Crippen molar-refractivity contribution in [3.63, 3.8) is 0 Å². The van der Waals surface area contributed by atoms with Crippen molar-refractivity contribution >= 4 is 34.9 Å². The topological polar surface area (TPSA) is 56.3 Å². The molecular weight excluding hydrogens is 368 g/mol. The molecule has 0 radical (unpaired) electrons. The number of aromatic nitrogens is 2. The van der Waals surface area contributed by atoms with Crippen molar-refractivity contribution in [2.75, 3.05) is 47.8 Å². The van der Waals surface area contributed by atoms with E-state index in [1.54, 1.807) is 0 Å². The van der Waals surface area contributed by atoms with Crippen molar-refractivity contribution in [1.82, 2.24) is 15.3 Å². The molecule has 3 rings (SSSR count). The van der Waals surface area contributed by atoms with Crippen LogP contribution in [0.4, 0.5) is 17.6 Å². The van der Waals surface area contributed by atoms with E-state index >= 15 is 0 Å². The molecule has 0 bridgehead atoms. The second kappa shape index (κ2) is 9.72. The molecule has 1 aromatic rings. The Bertz CT molecular complexity index is 624. The Morgan fingerprint density at radius 3 is 2.07 bits per heavy atom. The summed E-state index contributed by atoms with van der Waals surface area (Å²) in [6.07, 6.45) is 5.04. The second-order valence-electron chi connectivity index (χ2n) is 9.02. The van der Waals surface area contributed by atoms with E-state index in [1.807, 2.05) is 0 Å². The minimum atomic E-state index is 0.534. The van der Waals surface area contributed by atoms with Crippen LogP contribution < -0.4 is 20.4 Å². The van der Waals surface area contributed by atoms with Gasteiger partial charge in [0.2, 0.25) is 5.95 Å². The number of thiocarbonyl (C=S) groups is 1. The summed E-state index contributed by atoms with van der Waals surface area (Å²) in [6.45, 7) is 14.1. The summed E-state index contributed by atoms with van der Waals surface area (Å²) < 4.78 is 0. The van der Waals surface area contributed by atoms with Crippen molar-refractivity contribution in [2.24, 2.45) is 17.8 Å². The predicted molar refractivity (Wildman–Crippen MR) is 122 cm³/mol. The van der Waals surface area contributed by atoms with E-state index in [2.05, 4.69) is 54.2 Å². The summed E-state index contributed by atoms with van der Waals surface area (Å²) in [5, 5.41) is 7.07. The maximum atomic E-state index is 5.46. The molecule has 0 saturated carbocycles. The number of piperidine rings is 2. The first-order valence-electron chi connectivity index (χ1n) is 10.8. The Balaban J connectivity index is 1.81. The van der Waals surface area contributed by atoms with Gasteiger partial charge in [0.15, 0.2) is 5.11 Å². The van der Waals surface area contributed by atoms with Crippen LogP contribution >= 0.6 is 12.2 Å². The molecule has 1 aromatic heterocycles. The number of nitrogens with one attached hydrogen (secondary N) is 2. The molecule has 2 saturated heterocycles. The smallest absolute Gasteiger partial charge is 0.232 e. The molecule has 0 amide bonds. The largest absolute Gasteiger partial charge is 0.362 e. The highest BCUT2D eigenvalue weighted by molar-refractivity contribution is 7.80. The summed E-state index contributed by atoms with van der Waals surface area (Å²) in [7, 11) is 0. The minimum absolute atomic E-state index is 0.534. The third kappa shape index (κ3) is 5.93. The van der Waals surface area contributed by atoms with Gasteiger partial charge in [-0.1, -0.05) is 27.7 Å². The van der Waals surface area contributed by atoms with Crippen LogP contribution in [0.15, 0.2) is 6.07 Å². The lowest BCUT2D eigenvalue weighted by molar-refractivity contribution is 0.441. The normalized spacial score (nSPS) is 23.0. The molecule has 2 fully saturated rings. The van der Waals surface area contributed by atoms with Gasteiger partial charge < -0.3 is 20.4 Å². The van der Waals surface area contributed by atoms with Gasteiger partial charge in [0.25, 0.3) is 0 Å². The summed E-state index contributed by atoms with van der Waals surface area (Å²) in [6, 6.07) is 2.17. The van der Waals surface area contributed by atoms with Crippen LogP contribution in [0.3, 0.4) is 0 Å². The first-order chi connectivity index (χ1) is 13.4. The number of nitrogens with zero attached hydrogens (tertiary/aromatic N) is 4. The van der Waals surface area contributed by atoms with Crippen LogP contribution in [-0.2, 0) is 0 Å². The molecule has 0 aromatic carbocycles. The molecule has 2 aliphatic heterocycles. The van der Waals surface area contributed by atoms with Crippen LogP contribution in [0.1, 0.15) is 53.4 Å². The fourth-order valence-electron chi connectivity index (χ4n) is 4.04. The molecule has 2 aliphatic rings. The van der Waals surface area contributed by atoms with Crippen molar-refractivity contribution in [3.8, 4) is 0 Å². The van der Waals surface area contributed by atoms with E-state index in [1.165, 1.54) is 25.7 Å². The standard InChI is InChI=1S/C21H36N6S/c1-15(2)12-22-21(28)25-20-23-18(26-9-5-7-16(3)13-26)11-19(24-20)27-10-6-8-17(4)14-27/h11,15-17H,5-10,12-14H2,1-4H3,(H2,22,23,24,25,28)/t16-,17-/m1/s1. The van der Waals surface area contributed by atoms with Crippen molar-refractivity contribution in [2.45, 2.75) is 53.4 Å². The first-order valence-corrected chi connectivity index (χ1v) is 11.3. The maximum Gasteiger partial charge on any atom is 0.232 e. The van der Waals surface area contributed by atoms with Crippen molar-refractivity contribution in [1.29, 1.82) is 0 Å². The van der Waals surface area contributed by atoms with Crippen LogP contribution in [0, 0.1) is 17.8 Å². The minimum Gasteiger partial charge on any atom is -0.362 e. The second-order valence-corrected chi connectivity index (χ2v) is 9.43. The average Bonchev–Trinajstić information content (AvgIpc) is 2.66. The summed E-state index contributed by atoms with van der Waals surface area (Å²) in [5.41, 5.74) is 0. The van der Waals surface area contributed by atoms with Gasteiger partial charge >= 0.3 is 0 Å². The lowest BCUT2D eigenvalue weighted by atomic mass is 10.00. The Morgan fingerprint density at radius 2 is 1.61 bits per heavy atom. The molecule has 6 nitrogen and oxygen atoms in total. The van der Waals surface area contributed by atoms with Gasteiger partial charge in [-0.25, -0.2) is 0 Å². The highest BCUT2D eigenvalue weighted by atomic mass is 32.1. The third-order valence-electron chi connectivity index (χ3n) is 5.56. The quantitative estimate of drug-likeness (QED) is 0.722. The van der Waals surface area contributed by atoms with Crippen molar-refractivity contribution in [3.05, 3.63) is 6.07 Å². The van der Waals surface area contributed by atoms with E-state index < -0.39 is 0 Å². The zero-order valence-corrected chi connectivity index (χ0v) is 18.7. The Kier molecular flexibility index (Phi) is 7.32. The molecule has 7 heteroatoms. The average molecular weight is 405 g/mol. The number of rotatable bonds is 5. The molecule has 28 heavy (non-hydrogen) atoms. The highest BCUT2D eigenvalue weighted by Gasteiger charge is 2.23. The SMILES string of the molecule is CC(C)CNC(=S)Nc1nc(N2CCC[C@@H](C)C2)cc(N2CCC[C@@H](C)C2)n1. The molecule has 0 aliphatic carbocycles. The summed E-state index contributed by atoms with van der Waals surface area (Å²) >= 11 is 5.46. The van der Waals surface area contributed by atoms with Gasteiger partial charge in [-0.2, -0.15) is 9.97 Å². The molecule has 2 atom stereocenters. The number of hydrogen-bond donors (Lipinski definition) is 2. The zero-order chi connectivity index (χ0) is 20.1. The van der Waals surface area contributed by atoms with E-state index in [0.717, 1.165) is 44.4 Å². The van der Waals surface area contributed by atoms with Crippen LogP contribution in [0.5, 0.6) is 0 Å². The number of hydrogen-bond acceptors (Lipinski definition) is 5. The predicted octanol–water partition coefficient (Wildman–Crippen LogP) is 3.89. The maximum absolute atomic E-state index is 5.46. The fourth-order valence-corrected chi connectivity index (χ4v) is 4.21. The fraction of sp³-hybridized carbons (Fsp3) is 0.762. The van der Waals surface area contributed by atoms with Crippen LogP contribution in [0.2, 0.25) is 0 Å². The van der Waals surface area contributed by atoms with Crippen molar-refractivity contribution < 1.29 is 0 Å². The van der Waals surface area contributed by atoms with E-state index in [4.69, 9.17) is 22.2 Å². The number of anilines is 3. The molecule has 0 unspecified atom stereocenters. The summed E-state index contributed by atoms with van der Waals surface area (Å²) in [5.74, 6) is 4.57. The lowest BCUT2D eigenvalue weighted by Crippen LogP contribution is -2.38. The van der Waals surface area contributed by atoms with Gasteiger partial charge in [0.05, 0.1) is 0 Å². The molecule has 3 heterocycles. The molecular formula is C21H36N6S. The van der Waals surface area contributed by atoms with E-state index in [-0.39, 0.29) is 0 Å². The molecule has 2 N–H and O–H groups in total. The van der Waals surface area contributed by atoms with Gasteiger partial charge in [0.1, 0.15) is 11.6 Å².